The van der Waals surface area contributed by atoms with Gasteiger partial charge in [-0.15, -0.1) is 0 Å². The highest BCUT2D eigenvalue weighted by Gasteiger charge is 2.15. The summed E-state index contributed by atoms with van der Waals surface area (Å²) in [5, 5.41) is 9.66. The number of methoxy groups -OCH3 is 1. The van der Waals surface area contributed by atoms with Crippen LogP contribution in [0.4, 0.5) is 0 Å². The number of phenolic OH excluding ortho intramolecular Hbond substituents is 1. The highest BCUT2D eigenvalue weighted by atomic mass is 16.5. The van der Waals surface area contributed by atoms with Gasteiger partial charge in [0.25, 0.3) is 0 Å². The average molecular weight is 229 g/mol. The molecule has 4 nitrogen and oxygen atoms in total. The highest BCUT2D eigenvalue weighted by Crippen LogP contribution is 2.24. The number of aromatic hydroxyl groups is 1. The van der Waals surface area contributed by atoms with Gasteiger partial charge in [0.2, 0.25) is 5.78 Å². The summed E-state index contributed by atoms with van der Waals surface area (Å²) in [6.45, 7) is 0. The van der Waals surface area contributed by atoms with E-state index in [4.69, 9.17) is 4.74 Å². The summed E-state index contributed by atoms with van der Waals surface area (Å²) in [5.74, 6) is 0.102. The van der Waals surface area contributed by atoms with E-state index in [1.54, 1.807) is 24.3 Å². The Morgan fingerprint density at radius 1 is 1.29 bits per heavy atom. The molecular formula is C13H11NO3. The summed E-state index contributed by atoms with van der Waals surface area (Å²) < 4.78 is 5.01. The highest BCUT2D eigenvalue weighted by molar-refractivity contribution is 6.09. The van der Waals surface area contributed by atoms with Crippen LogP contribution in [0.3, 0.4) is 0 Å². The largest absolute Gasteiger partial charge is 0.507 e. The minimum absolute atomic E-state index is 0.0820. The van der Waals surface area contributed by atoms with Gasteiger partial charge in [-0.3, -0.25) is 9.78 Å². The zero-order valence-electron chi connectivity index (χ0n) is 9.25. The molecule has 0 radical (unpaired) electrons. The van der Waals surface area contributed by atoms with E-state index in [1.807, 2.05) is 0 Å². The van der Waals surface area contributed by atoms with Crippen molar-refractivity contribution in [1.82, 2.24) is 4.98 Å². The van der Waals surface area contributed by atoms with Crippen LogP contribution >= 0.6 is 0 Å². The lowest BCUT2D eigenvalue weighted by Gasteiger charge is -2.05. The Bertz CT molecular complexity index is 538. The standard InChI is InChI=1S/C13H11NO3/c1-17-9-5-6-12(15)10(8-9)13(16)11-4-2-3-7-14-11/h2-8,15H,1H3. The van der Waals surface area contributed by atoms with Crippen molar-refractivity contribution < 1.29 is 14.6 Å². The third-order valence-corrected chi connectivity index (χ3v) is 2.35. The predicted octanol–water partition coefficient (Wildman–Crippen LogP) is 2.03. The summed E-state index contributed by atoms with van der Waals surface area (Å²) >= 11 is 0. The number of pyridine rings is 1. The molecule has 17 heavy (non-hydrogen) atoms. The number of carbonyl (C=O) groups is 1. The van der Waals surface area contributed by atoms with E-state index >= 15 is 0 Å². The fraction of sp³-hybridized carbons (Fsp3) is 0.0769. The van der Waals surface area contributed by atoms with E-state index in [2.05, 4.69) is 4.98 Å². The van der Waals surface area contributed by atoms with Gasteiger partial charge in [0.15, 0.2) is 0 Å². The molecule has 0 bridgehead atoms. The molecule has 0 atom stereocenters. The van der Waals surface area contributed by atoms with E-state index in [0.29, 0.717) is 5.75 Å². The summed E-state index contributed by atoms with van der Waals surface area (Å²) in [6, 6.07) is 9.55. The molecule has 2 aromatic rings. The first kappa shape index (κ1) is 11.1. The van der Waals surface area contributed by atoms with Gasteiger partial charge in [0.1, 0.15) is 17.2 Å². The van der Waals surface area contributed by atoms with E-state index in [0.717, 1.165) is 0 Å². The summed E-state index contributed by atoms with van der Waals surface area (Å²) in [6.07, 6.45) is 1.53. The van der Waals surface area contributed by atoms with Gasteiger partial charge in [0.05, 0.1) is 12.7 Å². The van der Waals surface area contributed by atoms with Gasteiger partial charge in [-0.2, -0.15) is 0 Å². The van der Waals surface area contributed by atoms with Crippen LogP contribution in [0.25, 0.3) is 0 Å². The maximum atomic E-state index is 12.1. The summed E-state index contributed by atoms with van der Waals surface area (Å²) in [7, 11) is 1.50. The number of hydrogen-bond donors (Lipinski definition) is 1. The lowest BCUT2D eigenvalue weighted by atomic mass is 10.1. The molecule has 0 saturated heterocycles. The normalized spacial score (nSPS) is 9.94. The fourth-order valence-electron chi connectivity index (χ4n) is 1.46. The number of benzene rings is 1. The third-order valence-electron chi connectivity index (χ3n) is 2.35. The average Bonchev–Trinajstić information content (AvgIpc) is 2.39. The van der Waals surface area contributed by atoms with Crippen LogP contribution in [-0.2, 0) is 0 Å². The number of ether oxygens (including phenoxy) is 1. The lowest BCUT2D eigenvalue weighted by molar-refractivity contribution is 0.103. The monoisotopic (exact) mass is 229 g/mol. The molecule has 1 aromatic carbocycles. The smallest absolute Gasteiger partial charge is 0.215 e. The Morgan fingerprint density at radius 2 is 2.12 bits per heavy atom. The zero-order chi connectivity index (χ0) is 12.3. The number of aromatic nitrogens is 1. The second-order valence-corrected chi connectivity index (χ2v) is 3.43. The van der Waals surface area contributed by atoms with E-state index < -0.39 is 0 Å². The molecule has 86 valence electrons. The van der Waals surface area contributed by atoms with Gasteiger partial charge >= 0.3 is 0 Å². The number of hydrogen-bond acceptors (Lipinski definition) is 4. The quantitative estimate of drug-likeness (QED) is 0.818. The minimum Gasteiger partial charge on any atom is -0.507 e. The summed E-state index contributed by atoms with van der Waals surface area (Å²) in [4.78, 5) is 16.0. The molecule has 0 aliphatic heterocycles. The summed E-state index contributed by atoms with van der Waals surface area (Å²) in [5.41, 5.74) is 0.471. The van der Waals surface area contributed by atoms with Crippen LogP contribution in [0.15, 0.2) is 42.6 Å². The molecule has 0 aliphatic rings. The van der Waals surface area contributed by atoms with Crippen LogP contribution in [0, 0.1) is 0 Å². The molecule has 0 amide bonds. The molecule has 1 N–H and O–H groups in total. The lowest BCUT2D eigenvalue weighted by Crippen LogP contribution is -2.04. The SMILES string of the molecule is COc1ccc(O)c(C(=O)c2ccccn2)c1. The Morgan fingerprint density at radius 3 is 2.76 bits per heavy atom. The van der Waals surface area contributed by atoms with Crippen molar-refractivity contribution in [3.05, 3.63) is 53.9 Å². The Labute approximate surface area is 98.5 Å². The number of phenols is 1. The zero-order valence-corrected chi connectivity index (χ0v) is 9.25. The first-order chi connectivity index (χ1) is 8.22. The fourth-order valence-corrected chi connectivity index (χ4v) is 1.46. The van der Waals surface area contributed by atoms with Crippen LogP contribution in [-0.4, -0.2) is 23.0 Å². The molecular weight excluding hydrogens is 218 g/mol. The van der Waals surface area contributed by atoms with Gasteiger partial charge in [0, 0.05) is 6.20 Å². The predicted molar refractivity (Wildman–Crippen MR) is 62.3 cm³/mol. The first-order valence-electron chi connectivity index (χ1n) is 5.05. The van der Waals surface area contributed by atoms with Crippen molar-refractivity contribution in [2.75, 3.05) is 7.11 Å². The topological polar surface area (TPSA) is 59.4 Å². The number of nitrogens with zero attached hydrogens (tertiary/aromatic N) is 1. The first-order valence-corrected chi connectivity index (χ1v) is 5.05. The molecule has 0 saturated carbocycles. The molecule has 4 heteroatoms. The van der Waals surface area contributed by atoms with Crippen molar-refractivity contribution in [2.45, 2.75) is 0 Å². The number of ketones is 1. The molecule has 1 heterocycles. The van der Waals surface area contributed by atoms with Crippen molar-refractivity contribution >= 4 is 5.78 Å². The van der Waals surface area contributed by atoms with Crippen molar-refractivity contribution in [2.24, 2.45) is 0 Å². The second kappa shape index (κ2) is 4.65. The molecule has 0 unspecified atom stereocenters. The number of carbonyl (C=O) groups excluding carboxylic acids is 1. The van der Waals surface area contributed by atoms with Crippen molar-refractivity contribution in [3.8, 4) is 11.5 Å². The molecule has 1 aromatic heterocycles. The number of rotatable bonds is 3. The van der Waals surface area contributed by atoms with Crippen molar-refractivity contribution in [1.29, 1.82) is 0 Å². The van der Waals surface area contributed by atoms with Gasteiger partial charge < -0.3 is 9.84 Å². The van der Waals surface area contributed by atoms with E-state index in [1.165, 1.54) is 25.4 Å². The molecule has 0 fully saturated rings. The van der Waals surface area contributed by atoms with Crippen LogP contribution in [0.2, 0.25) is 0 Å². The minimum atomic E-state index is -0.331. The van der Waals surface area contributed by atoms with Gasteiger partial charge in [-0.25, -0.2) is 0 Å². The Hall–Kier alpha value is -2.36. The Kier molecular flexibility index (Phi) is 3.05. The molecule has 2 rings (SSSR count). The Balaban J connectivity index is 2.44. The second-order valence-electron chi connectivity index (χ2n) is 3.43. The van der Waals surface area contributed by atoms with E-state index in [9.17, 15) is 9.90 Å². The third kappa shape index (κ3) is 2.25. The van der Waals surface area contributed by atoms with Gasteiger partial charge in [-0.1, -0.05) is 6.07 Å². The van der Waals surface area contributed by atoms with Crippen molar-refractivity contribution in [3.63, 3.8) is 0 Å². The van der Waals surface area contributed by atoms with Crippen LogP contribution in [0.1, 0.15) is 16.1 Å². The van der Waals surface area contributed by atoms with Crippen LogP contribution < -0.4 is 4.74 Å². The van der Waals surface area contributed by atoms with E-state index in [-0.39, 0.29) is 22.8 Å². The molecule has 0 aliphatic carbocycles. The maximum absolute atomic E-state index is 12.1. The van der Waals surface area contributed by atoms with Gasteiger partial charge in [-0.05, 0) is 30.3 Å². The van der Waals surface area contributed by atoms with Crippen LogP contribution in [0.5, 0.6) is 11.5 Å². The molecule has 0 spiro atoms. The maximum Gasteiger partial charge on any atom is 0.215 e.